The van der Waals surface area contributed by atoms with Crippen molar-refractivity contribution in [2.24, 2.45) is 5.92 Å². The number of amides is 3. The third-order valence-electron chi connectivity index (χ3n) is 5.33. The van der Waals surface area contributed by atoms with Gasteiger partial charge in [-0.2, -0.15) is 9.37 Å². The van der Waals surface area contributed by atoms with Crippen molar-refractivity contribution in [1.82, 2.24) is 0 Å². The Morgan fingerprint density at radius 1 is 1.03 bits per heavy atom. The first-order valence-electron chi connectivity index (χ1n) is 9.77. The Morgan fingerprint density at radius 2 is 1.75 bits per heavy atom. The number of ether oxygens (including phenoxy) is 2. The van der Waals surface area contributed by atoms with Crippen molar-refractivity contribution in [2.75, 3.05) is 19.1 Å². The summed E-state index contributed by atoms with van der Waals surface area (Å²) in [5, 5.41) is 10.9. The summed E-state index contributed by atoms with van der Waals surface area (Å²) in [6, 6.07) is 10.3. The van der Waals surface area contributed by atoms with Gasteiger partial charge in [-0.3, -0.25) is 10.1 Å². The Balaban J connectivity index is 1.76. The predicted molar refractivity (Wildman–Crippen MR) is 116 cm³/mol. The van der Waals surface area contributed by atoms with Crippen LogP contribution in [-0.4, -0.2) is 41.4 Å². The van der Waals surface area contributed by atoms with Crippen molar-refractivity contribution in [3.05, 3.63) is 82.4 Å². The number of urea groups is 1. The first kappa shape index (κ1) is 21.0. The number of benzene rings is 2. The number of hydrogen-bond acceptors (Lipinski definition) is 6. The molecule has 0 saturated heterocycles. The topological polar surface area (TPSA) is 102 Å². The van der Waals surface area contributed by atoms with E-state index in [1.807, 2.05) is 0 Å². The zero-order valence-electron chi connectivity index (χ0n) is 17.4. The lowest BCUT2D eigenvalue weighted by Gasteiger charge is -2.27. The first-order chi connectivity index (χ1) is 15.4. The van der Waals surface area contributed by atoms with Crippen molar-refractivity contribution in [2.45, 2.75) is 6.54 Å². The van der Waals surface area contributed by atoms with Crippen LogP contribution in [0.4, 0.5) is 16.2 Å². The van der Waals surface area contributed by atoms with E-state index in [0.29, 0.717) is 28.5 Å². The van der Waals surface area contributed by atoms with Gasteiger partial charge in [0.05, 0.1) is 19.1 Å². The highest BCUT2D eigenvalue weighted by molar-refractivity contribution is 6.25. The third-order valence-corrected chi connectivity index (χ3v) is 5.33. The van der Waals surface area contributed by atoms with E-state index in [2.05, 4.69) is 0 Å². The smallest absolute Gasteiger partial charge is 0.493 e. The number of non-ortho nitro benzene ring substituents is 1. The summed E-state index contributed by atoms with van der Waals surface area (Å²) >= 11 is 0. The summed E-state index contributed by atoms with van der Waals surface area (Å²) in [6.45, 7) is 0.151. The molecule has 2 aromatic carbocycles. The van der Waals surface area contributed by atoms with Gasteiger partial charge < -0.3 is 9.47 Å². The lowest BCUT2D eigenvalue weighted by molar-refractivity contribution is -0.445. The molecule has 0 radical (unpaired) electrons. The molecular formula is C23H20N3O6+. The number of methoxy groups -OCH3 is 2. The lowest BCUT2D eigenvalue weighted by Crippen LogP contribution is -2.54. The van der Waals surface area contributed by atoms with Crippen LogP contribution in [0.25, 0.3) is 0 Å². The average molecular weight is 434 g/mol. The second-order valence-electron chi connectivity index (χ2n) is 7.15. The van der Waals surface area contributed by atoms with E-state index in [9.17, 15) is 19.7 Å². The molecule has 1 aliphatic heterocycles. The molecule has 0 fully saturated rings. The molecule has 0 bridgehead atoms. The van der Waals surface area contributed by atoms with Crippen molar-refractivity contribution in [3.8, 4) is 11.5 Å². The molecule has 1 heterocycles. The fourth-order valence-corrected chi connectivity index (χ4v) is 3.73. The molecule has 0 aromatic heterocycles. The Bertz CT molecular complexity index is 1200. The molecule has 0 N–H and O–H groups in total. The maximum Gasteiger partial charge on any atom is 0.506 e. The minimum Gasteiger partial charge on any atom is -0.493 e. The molecule has 0 saturated carbocycles. The SMILES string of the molecule is COc1ccc(N2C(=O)C3C=CC=CC3=[N+](Cc3ccc([N+](=O)[O-])cc3)C2=O)cc1OC. The first-order valence-corrected chi connectivity index (χ1v) is 9.77. The Morgan fingerprint density at radius 3 is 2.41 bits per heavy atom. The van der Waals surface area contributed by atoms with Crippen molar-refractivity contribution in [3.63, 3.8) is 0 Å². The number of carbonyl (C=O) groups is 2. The number of hydrogen-bond donors (Lipinski definition) is 0. The number of carbonyl (C=O) groups excluding carboxylic acids is 2. The third kappa shape index (κ3) is 3.64. The van der Waals surface area contributed by atoms with Crippen LogP contribution in [0.1, 0.15) is 5.56 Å². The van der Waals surface area contributed by atoms with Crippen LogP contribution in [0.15, 0.2) is 66.8 Å². The zero-order valence-corrected chi connectivity index (χ0v) is 17.4. The molecule has 9 heteroatoms. The van der Waals surface area contributed by atoms with E-state index < -0.39 is 16.9 Å². The maximum absolute atomic E-state index is 13.5. The monoisotopic (exact) mass is 434 g/mol. The predicted octanol–water partition coefficient (Wildman–Crippen LogP) is 3.47. The van der Waals surface area contributed by atoms with Crippen LogP contribution >= 0.6 is 0 Å². The summed E-state index contributed by atoms with van der Waals surface area (Å²) < 4.78 is 12.1. The molecule has 4 rings (SSSR count). The average Bonchev–Trinajstić information content (AvgIpc) is 2.82. The Hall–Kier alpha value is -4.27. The van der Waals surface area contributed by atoms with Crippen LogP contribution < -0.4 is 14.4 Å². The van der Waals surface area contributed by atoms with E-state index in [0.717, 1.165) is 4.90 Å². The number of rotatable bonds is 6. The quantitative estimate of drug-likeness (QED) is 0.392. The molecule has 1 aliphatic carbocycles. The van der Waals surface area contributed by atoms with Gasteiger partial charge in [-0.1, -0.05) is 18.2 Å². The van der Waals surface area contributed by atoms with E-state index in [-0.39, 0.29) is 18.1 Å². The van der Waals surface area contributed by atoms with Crippen LogP contribution in [0.3, 0.4) is 0 Å². The molecule has 32 heavy (non-hydrogen) atoms. The highest BCUT2D eigenvalue weighted by Gasteiger charge is 2.48. The molecule has 3 amide bonds. The zero-order chi connectivity index (χ0) is 22.8. The number of nitro groups is 1. The highest BCUT2D eigenvalue weighted by atomic mass is 16.6. The van der Waals surface area contributed by atoms with Crippen LogP contribution in [0.5, 0.6) is 11.5 Å². The fraction of sp³-hybridized carbons (Fsp3) is 0.174. The largest absolute Gasteiger partial charge is 0.506 e. The van der Waals surface area contributed by atoms with Gasteiger partial charge in [0, 0.05) is 18.2 Å². The second-order valence-corrected chi connectivity index (χ2v) is 7.15. The number of fused-ring (bicyclic) bond motifs is 1. The van der Waals surface area contributed by atoms with E-state index in [1.54, 1.807) is 54.6 Å². The normalized spacial score (nSPS) is 17.4. The van der Waals surface area contributed by atoms with Gasteiger partial charge in [-0.25, -0.2) is 4.79 Å². The van der Waals surface area contributed by atoms with E-state index in [4.69, 9.17) is 9.47 Å². The summed E-state index contributed by atoms with van der Waals surface area (Å²) in [4.78, 5) is 38.3. The van der Waals surface area contributed by atoms with Gasteiger partial charge >= 0.3 is 11.9 Å². The van der Waals surface area contributed by atoms with Gasteiger partial charge in [0.1, 0.15) is 23.9 Å². The molecular weight excluding hydrogens is 414 g/mol. The lowest BCUT2D eigenvalue weighted by atomic mass is 9.94. The van der Waals surface area contributed by atoms with Crippen LogP contribution in [0, 0.1) is 16.0 Å². The number of anilines is 1. The van der Waals surface area contributed by atoms with Gasteiger partial charge in [0.15, 0.2) is 11.5 Å². The van der Waals surface area contributed by atoms with E-state index >= 15 is 0 Å². The summed E-state index contributed by atoms with van der Waals surface area (Å²) in [5.74, 6) is -0.147. The van der Waals surface area contributed by atoms with Crippen LogP contribution in [-0.2, 0) is 11.3 Å². The van der Waals surface area contributed by atoms with Gasteiger partial charge in [0.2, 0.25) is 0 Å². The maximum atomic E-state index is 13.5. The van der Waals surface area contributed by atoms with Crippen molar-refractivity contribution >= 4 is 29.0 Å². The second kappa shape index (κ2) is 8.46. The highest BCUT2D eigenvalue weighted by Crippen LogP contribution is 2.34. The molecule has 2 aromatic rings. The van der Waals surface area contributed by atoms with Gasteiger partial charge in [-0.05, 0) is 35.9 Å². The Kier molecular flexibility index (Phi) is 5.55. The van der Waals surface area contributed by atoms with Crippen molar-refractivity contribution in [1.29, 1.82) is 0 Å². The molecule has 162 valence electrons. The minimum atomic E-state index is -0.635. The van der Waals surface area contributed by atoms with Crippen molar-refractivity contribution < 1.29 is 28.6 Å². The summed E-state index contributed by atoms with van der Waals surface area (Å²) in [7, 11) is 2.98. The minimum absolute atomic E-state index is 0.0353. The fourth-order valence-electron chi connectivity index (χ4n) is 3.73. The number of allylic oxidation sites excluding steroid dienone is 3. The molecule has 9 nitrogen and oxygen atoms in total. The summed E-state index contributed by atoms with van der Waals surface area (Å²) in [6.07, 6.45) is 7.00. The Labute approximate surface area is 183 Å². The molecule has 0 spiro atoms. The number of nitrogens with zero attached hydrogens (tertiary/aromatic N) is 3. The van der Waals surface area contributed by atoms with Gasteiger partial charge in [-0.15, -0.1) is 4.90 Å². The molecule has 1 atom stereocenters. The van der Waals surface area contributed by atoms with E-state index in [1.165, 1.54) is 30.9 Å². The van der Waals surface area contributed by atoms with Crippen LogP contribution in [0.2, 0.25) is 0 Å². The standard InChI is InChI=1S/C23H20N3O6/c1-31-20-12-11-17(13-21(20)32-2)25-22(27)18-5-3-4-6-19(18)24(23(25)28)14-15-7-9-16(10-8-15)26(29)30/h3-13,18H,14H2,1-2H3/q+1. The molecule has 1 unspecified atom stereocenters. The summed E-state index contributed by atoms with van der Waals surface area (Å²) in [5.41, 5.74) is 1.57. The number of imide groups is 1. The number of nitro benzene ring substituents is 1. The molecule has 2 aliphatic rings. The van der Waals surface area contributed by atoms with Gasteiger partial charge in [0.25, 0.3) is 5.69 Å².